The van der Waals surface area contributed by atoms with Crippen molar-refractivity contribution >= 4 is 50.8 Å². The van der Waals surface area contributed by atoms with Gasteiger partial charge in [0, 0.05) is 12.2 Å². The highest BCUT2D eigenvalue weighted by Gasteiger charge is 2.09. The van der Waals surface area contributed by atoms with Gasteiger partial charge in [0.1, 0.15) is 0 Å². The van der Waals surface area contributed by atoms with E-state index in [1.165, 1.54) is 18.0 Å². The summed E-state index contributed by atoms with van der Waals surface area (Å²) < 4.78 is 7.07. The number of benzene rings is 2. The van der Waals surface area contributed by atoms with Crippen LogP contribution in [0.25, 0.3) is 10.2 Å². The Morgan fingerprint density at radius 2 is 1.86 bits per heavy atom. The van der Waals surface area contributed by atoms with Crippen molar-refractivity contribution in [3.63, 3.8) is 0 Å². The second kappa shape index (κ2) is 8.93. The molecule has 29 heavy (non-hydrogen) atoms. The molecule has 2 N–H and O–H groups in total. The van der Waals surface area contributed by atoms with Crippen LogP contribution in [0.3, 0.4) is 0 Å². The number of thioether (sulfide) groups is 1. The van der Waals surface area contributed by atoms with Crippen LogP contribution in [-0.2, 0) is 11.3 Å². The van der Waals surface area contributed by atoms with E-state index in [1.54, 1.807) is 35.6 Å². The molecule has 2 heterocycles. The van der Waals surface area contributed by atoms with Crippen LogP contribution >= 0.6 is 23.1 Å². The summed E-state index contributed by atoms with van der Waals surface area (Å²) in [6, 6.07) is 18.5. The molecule has 0 aliphatic rings. The van der Waals surface area contributed by atoms with Gasteiger partial charge < -0.3 is 15.1 Å². The summed E-state index contributed by atoms with van der Waals surface area (Å²) in [7, 11) is 0. The van der Waals surface area contributed by atoms with Gasteiger partial charge in [0.15, 0.2) is 10.1 Å². The number of hydrogen-bond donors (Lipinski definition) is 2. The lowest BCUT2D eigenvalue weighted by Gasteiger charge is -2.07. The molecule has 0 spiro atoms. The topological polar surface area (TPSA) is 84.2 Å². The molecule has 2 aromatic heterocycles. The molecule has 0 saturated carbocycles. The average Bonchev–Trinajstić information content (AvgIpc) is 3.41. The molecular weight excluding hydrogens is 406 g/mol. The quantitative estimate of drug-likeness (QED) is 0.426. The van der Waals surface area contributed by atoms with E-state index in [9.17, 15) is 9.59 Å². The molecule has 0 unspecified atom stereocenters. The van der Waals surface area contributed by atoms with Crippen molar-refractivity contribution in [1.29, 1.82) is 0 Å². The predicted octanol–water partition coefficient (Wildman–Crippen LogP) is 4.55. The van der Waals surface area contributed by atoms with Gasteiger partial charge in [-0.1, -0.05) is 36.0 Å². The minimum absolute atomic E-state index is 0.0514. The second-order valence-corrected chi connectivity index (χ2v) is 8.39. The molecular formula is C21H17N3O3S2. The first-order chi connectivity index (χ1) is 14.2. The molecule has 0 aliphatic carbocycles. The third-order valence-corrected chi connectivity index (χ3v) is 6.23. The lowest BCUT2D eigenvalue weighted by molar-refractivity contribution is -0.118. The number of carbonyl (C=O) groups excluding carboxylic acids is 2. The monoisotopic (exact) mass is 423 g/mol. The van der Waals surface area contributed by atoms with Crippen LogP contribution < -0.4 is 10.6 Å². The first-order valence-corrected chi connectivity index (χ1v) is 10.7. The third-order valence-electron chi connectivity index (χ3n) is 4.05. The SMILES string of the molecule is O=C(CSc1nc2ccccc2s1)NCc1ccc(NC(=O)c2ccco2)cc1. The van der Waals surface area contributed by atoms with Gasteiger partial charge in [-0.05, 0) is 42.0 Å². The highest BCUT2D eigenvalue weighted by molar-refractivity contribution is 8.01. The van der Waals surface area contributed by atoms with Crippen molar-refractivity contribution in [2.24, 2.45) is 0 Å². The van der Waals surface area contributed by atoms with Gasteiger partial charge in [-0.15, -0.1) is 11.3 Å². The number of fused-ring (bicyclic) bond motifs is 1. The summed E-state index contributed by atoms with van der Waals surface area (Å²) >= 11 is 3.03. The van der Waals surface area contributed by atoms with Crippen molar-refractivity contribution < 1.29 is 14.0 Å². The summed E-state index contributed by atoms with van der Waals surface area (Å²) in [6.07, 6.45) is 1.45. The predicted molar refractivity (Wildman–Crippen MR) is 115 cm³/mol. The summed E-state index contributed by atoms with van der Waals surface area (Å²) in [5.74, 6) is 0.219. The highest BCUT2D eigenvalue weighted by atomic mass is 32.2. The molecule has 146 valence electrons. The fourth-order valence-corrected chi connectivity index (χ4v) is 4.50. The minimum Gasteiger partial charge on any atom is -0.459 e. The molecule has 0 bridgehead atoms. The zero-order valence-electron chi connectivity index (χ0n) is 15.3. The maximum atomic E-state index is 12.1. The van der Waals surface area contributed by atoms with E-state index in [2.05, 4.69) is 15.6 Å². The Hall–Kier alpha value is -3.10. The van der Waals surface area contributed by atoms with E-state index < -0.39 is 0 Å². The van der Waals surface area contributed by atoms with Gasteiger partial charge in [-0.3, -0.25) is 9.59 Å². The van der Waals surface area contributed by atoms with E-state index in [4.69, 9.17) is 4.42 Å². The number of anilines is 1. The molecule has 4 aromatic rings. The summed E-state index contributed by atoms with van der Waals surface area (Å²) in [6.45, 7) is 0.422. The Bertz CT molecular complexity index is 1090. The van der Waals surface area contributed by atoms with Gasteiger partial charge in [-0.2, -0.15) is 0 Å². The van der Waals surface area contributed by atoms with Crippen molar-refractivity contribution in [3.05, 3.63) is 78.3 Å². The van der Waals surface area contributed by atoms with E-state index in [1.807, 2.05) is 36.4 Å². The number of aromatic nitrogens is 1. The number of rotatable bonds is 7. The van der Waals surface area contributed by atoms with Crippen LogP contribution in [0, 0.1) is 0 Å². The largest absolute Gasteiger partial charge is 0.459 e. The number of hydrogen-bond acceptors (Lipinski definition) is 6. The molecule has 0 aliphatic heterocycles. The number of nitrogens with one attached hydrogen (secondary N) is 2. The van der Waals surface area contributed by atoms with E-state index >= 15 is 0 Å². The maximum absolute atomic E-state index is 12.1. The van der Waals surface area contributed by atoms with Crippen LogP contribution in [0.5, 0.6) is 0 Å². The number of thiazole rings is 1. The van der Waals surface area contributed by atoms with Crippen molar-refractivity contribution in [3.8, 4) is 0 Å². The lowest BCUT2D eigenvalue weighted by Crippen LogP contribution is -2.24. The third kappa shape index (κ3) is 5.04. The summed E-state index contributed by atoms with van der Waals surface area (Å²) in [4.78, 5) is 28.6. The van der Waals surface area contributed by atoms with Crippen molar-refractivity contribution in [2.45, 2.75) is 10.9 Å². The van der Waals surface area contributed by atoms with E-state index in [0.717, 1.165) is 20.1 Å². The average molecular weight is 424 g/mol. The van der Waals surface area contributed by atoms with Crippen LogP contribution in [0.1, 0.15) is 16.1 Å². The number of para-hydroxylation sites is 1. The Labute approximate surface area is 175 Å². The second-order valence-electron chi connectivity index (χ2n) is 6.14. The molecule has 6 nitrogen and oxygen atoms in total. The van der Waals surface area contributed by atoms with Gasteiger partial charge in [0.2, 0.25) is 5.91 Å². The van der Waals surface area contributed by atoms with Gasteiger partial charge in [-0.25, -0.2) is 4.98 Å². The Balaban J connectivity index is 1.24. The summed E-state index contributed by atoms with van der Waals surface area (Å²) in [5.41, 5.74) is 2.56. The molecule has 8 heteroatoms. The number of furan rings is 1. The Morgan fingerprint density at radius 1 is 1.03 bits per heavy atom. The molecule has 2 aromatic carbocycles. The van der Waals surface area contributed by atoms with Crippen molar-refractivity contribution in [1.82, 2.24) is 10.3 Å². The standard InChI is InChI=1S/C21H17N3O3S2/c25-19(13-28-21-24-16-4-1-2-6-18(16)29-21)22-12-14-7-9-15(10-8-14)23-20(26)17-5-3-11-27-17/h1-11H,12-13H2,(H,22,25)(H,23,26). The molecule has 0 fully saturated rings. The first kappa shape index (κ1) is 19.2. The zero-order valence-corrected chi connectivity index (χ0v) is 16.9. The number of carbonyl (C=O) groups is 2. The van der Waals surface area contributed by atoms with Gasteiger partial charge in [0.05, 0.1) is 22.2 Å². The van der Waals surface area contributed by atoms with E-state index in [0.29, 0.717) is 18.0 Å². The fraction of sp³-hybridized carbons (Fsp3) is 0.0952. The zero-order chi connectivity index (χ0) is 20.1. The molecule has 2 amide bonds. The minimum atomic E-state index is -0.303. The Morgan fingerprint density at radius 3 is 2.62 bits per heavy atom. The molecule has 0 radical (unpaired) electrons. The van der Waals surface area contributed by atoms with Crippen LogP contribution in [-0.4, -0.2) is 22.6 Å². The highest BCUT2D eigenvalue weighted by Crippen LogP contribution is 2.29. The van der Waals surface area contributed by atoms with E-state index in [-0.39, 0.29) is 17.6 Å². The Kier molecular flexibility index (Phi) is 5.92. The van der Waals surface area contributed by atoms with Crippen LogP contribution in [0.2, 0.25) is 0 Å². The summed E-state index contributed by atoms with van der Waals surface area (Å²) in [5, 5.41) is 5.66. The fourth-order valence-electron chi connectivity index (χ4n) is 2.60. The molecule has 4 rings (SSSR count). The van der Waals surface area contributed by atoms with Gasteiger partial charge in [0.25, 0.3) is 5.91 Å². The normalized spacial score (nSPS) is 10.8. The van der Waals surface area contributed by atoms with Gasteiger partial charge >= 0.3 is 0 Å². The molecule has 0 saturated heterocycles. The van der Waals surface area contributed by atoms with Crippen LogP contribution in [0.4, 0.5) is 5.69 Å². The number of amides is 2. The molecule has 0 atom stereocenters. The van der Waals surface area contributed by atoms with Crippen molar-refractivity contribution in [2.75, 3.05) is 11.1 Å². The first-order valence-electron chi connectivity index (χ1n) is 8.86. The lowest BCUT2D eigenvalue weighted by atomic mass is 10.2. The van der Waals surface area contributed by atoms with Crippen LogP contribution in [0.15, 0.2) is 75.7 Å². The maximum Gasteiger partial charge on any atom is 0.291 e. The number of nitrogens with zero attached hydrogens (tertiary/aromatic N) is 1. The smallest absolute Gasteiger partial charge is 0.291 e.